The Morgan fingerprint density at radius 1 is 0.720 bits per heavy atom. The maximum Gasteiger partial charge on any atom is 0.148 e. The number of nitrogens with zero attached hydrogens (tertiary/aromatic N) is 1. The molecule has 0 unspecified atom stereocenters. The van der Waals surface area contributed by atoms with E-state index in [9.17, 15) is 0 Å². The first kappa shape index (κ1) is 14.3. The molecule has 0 saturated carbocycles. The first-order valence-corrected chi connectivity index (χ1v) is 8.54. The number of aromatic nitrogens is 2. The van der Waals surface area contributed by atoms with Gasteiger partial charge in [-0.2, -0.15) is 0 Å². The first-order chi connectivity index (χ1) is 12.3. The van der Waals surface area contributed by atoms with E-state index in [-0.39, 0.29) is 0 Å². The van der Waals surface area contributed by atoms with E-state index < -0.39 is 0 Å². The minimum absolute atomic E-state index is 0.916. The number of H-pyrrole nitrogens is 1. The van der Waals surface area contributed by atoms with Crippen molar-refractivity contribution in [1.29, 1.82) is 0 Å². The molecular formula is C22H16BN2. The molecule has 3 heteroatoms. The van der Waals surface area contributed by atoms with E-state index in [4.69, 9.17) is 4.98 Å². The second-order valence-corrected chi connectivity index (χ2v) is 6.31. The van der Waals surface area contributed by atoms with Crippen molar-refractivity contribution in [3.05, 3.63) is 72.8 Å². The molecule has 0 aliphatic heterocycles. The van der Waals surface area contributed by atoms with Crippen LogP contribution in [0.4, 0.5) is 0 Å². The summed E-state index contributed by atoms with van der Waals surface area (Å²) in [5.41, 5.74) is 4.47. The van der Waals surface area contributed by atoms with Crippen molar-refractivity contribution in [2.24, 2.45) is 0 Å². The highest BCUT2D eigenvalue weighted by Gasteiger charge is 2.13. The van der Waals surface area contributed by atoms with Crippen LogP contribution in [0.25, 0.3) is 44.0 Å². The smallest absolute Gasteiger partial charge is 0.148 e. The Labute approximate surface area is 146 Å². The lowest BCUT2D eigenvalue weighted by Gasteiger charge is -2.05. The van der Waals surface area contributed by atoms with Crippen molar-refractivity contribution < 1.29 is 0 Å². The summed E-state index contributed by atoms with van der Waals surface area (Å²) in [5.74, 6) is 0.916. The van der Waals surface area contributed by atoms with Crippen LogP contribution in [0.5, 0.6) is 0 Å². The zero-order valence-corrected chi connectivity index (χ0v) is 14.0. The Balaban J connectivity index is 1.86. The van der Waals surface area contributed by atoms with Gasteiger partial charge < -0.3 is 4.98 Å². The average molecular weight is 319 g/mol. The molecule has 1 N–H and O–H groups in total. The number of rotatable bonds is 2. The number of aromatic amines is 1. The monoisotopic (exact) mass is 319 g/mol. The highest BCUT2D eigenvalue weighted by Crippen LogP contribution is 2.34. The summed E-state index contributed by atoms with van der Waals surface area (Å²) in [7, 11) is 2.10. The molecule has 1 radical (unpaired) electrons. The van der Waals surface area contributed by atoms with Gasteiger partial charge in [0.15, 0.2) is 0 Å². The van der Waals surface area contributed by atoms with E-state index in [1.54, 1.807) is 0 Å². The van der Waals surface area contributed by atoms with E-state index in [1.807, 2.05) is 0 Å². The molecule has 2 nitrogen and oxygen atoms in total. The van der Waals surface area contributed by atoms with Crippen LogP contribution in [0, 0.1) is 0 Å². The fourth-order valence-electron chi connectivity index (χ4n) is 3.59. The highest BCUT2D eigenvalue weighted by atomic mass is 14.9. The van der Waals surface area contributed by atoms with Crippen LogP contribution in [-0.2, 0) is 0 Å². The Bertz CT molecular complexity index is 1150. The normalized spacial score (nSPS) is 11.4. The topological polar surface area (TPSA) is 28.7 Å². The van der Waals surface area contributed by atoms with Crippen LogP contribution in [0.15, 0.2) is 72.8 Å². The van der Waals surface area contributed by atoms with E-state index in [0.29, 0.717) is 0 Å². The van der Waals surface area contributed by atoms with E-state index in [0.717, 1.165) is 22.4 Å². The molecular weight excluding hydrogens is 303 g/mol. The van der Waals surface area contributed by atoms with Gasteiger partial charge in [0.25, 0.3) is 0 Å². The van der Waals surface area contributed by atoms with Crippen molar-refractivity contribution >= 4 is 45.3 Å². The number of imidazole rings is 1. The Morgan fingerprint density at radius 3 is 2.00 bits per heavy atom. The standard InChI is InChI=1S/C22H16BN2/c1-23-15-12-10-14(11-13-15)22-24-20-18-8-4-2-6-16(18)17-7-3-5-9-19(17)21(20)25-22/h2-13H,1H3,(H,24,25). The van der Waals surface area contributed by atoms with Crippen LogP contribution in [0.3, 0.4) is 0 Å². The van der Waals surface area contributed by atoms with Crippen molar-refractivity contribution in [3.63, 3.8) is 0 Å². The molecule has 0 fully saturated rings. The van der Waals surface area contributed by atoms with Crippen molar-refractivity contribution in [1.82, 2.24) is 9.97 Å². The molecule has 4 aromatic carbocycles. The molecule has 117 valence electrons. The van der Waals surface area contributed by atoms with Crippen LogP contribution in [0.2, 0.25) is 6.82 Å². The summed E-state index contributed by atoms with van der Waals surface area (Å²) in [6.07, 6.45) is 0. The maximum atomic E-state index is 4.95. The van der Waals surface area contributed by atoms with Crippen LogP contribution >= 0.6 is 0 Å². The minimum atomic E-state index is 0.916. The molecule has 1 heterocycles. The summed E-state index contributed by atoms with van der Waals surface area (Å²) >= 11 is 0. The third kappa shape index (κ3) is 2.16. The minimum Gasteiger partial charge on any atom is -0.337 e. The zero-order chi connectivity index (χ0) is 16.8. The molecule has 0 atom stereocenters. The number of hydrogen-bond donors (Lipinski definition) is 1. The van der Waals surface area contributed by atoms with Crippen molar-refractivity contribution in [3.8, 4) is 11.4 Å². The largest absolute Gasteiger partial charge is 0.337 e. The van der Waals surface area contributed by atoms with Gasteiger partial charge >= 0.3 is 0 Å². The summed E-state index contributed by atoms with van der Waals surface area (Å²) in [4.78, 5) is 8.51. The lowest BCUT2D eigenvalue weighted by Crippen LogP contribution is -2.08. The number of nitrogens with one attached hydrogen (secondary N) is 1. The van der Waals surface area contributed by atoms with Gasteiger partial charge in [-0.1, -0.05) is 85.1 Å². The van der Waals surface area contributed by atoms with Gasteiger partial charge in [-0.05, 0) is 10.8 Å². The van der Waals surface area contributed by atoms with Gasteiger partial charge in [-0.25, -0.2) is 4.98 Å². The zero-order valence-electron chi connectivity index (χ0n) is 14.0. The number of fused-ring (bicyclic) bond motifs is 6. The predicted octanol–water partition coefficient (Wildman–Crippen LogP) is 4.91. The van der Waals surface area contributed by atoms with Gasteiger partial charge in [0.1, 0.15) is 13.1 Å². The van der Waals surface area contributed by atoms with Gasteiger partial charge in [-0.3, -0.25) is 0 Å². The Kier molecular flexibility index (Phi) is 3.14. The molecule has 0 amide bonds. The van der Waals surface area contributed by atoms with Crippen LogP contribution < -0.4 is 5.46 Å². The van der Waals surface area contributed by atoms with Gasteiger partial charge in [0.05, 0.1) is 11.0 Å². The molecule has 0 aliphatic carbocycles. The molecule has 0 spiro atoms. The summed E-state index contributed by atoms with van der Waals surface area (Å²) in [5, 5.41) is 4.92. The lowest BCUT2D eigenvalue weighted by atomic mass is 9.73. The second kappa shape index (κ2) is 5.49. The van der Waals surface area contributed by atoms with E-state index in [1.165, 1.54) is 27.0 Å². The van der Waals surface area contributed by atoms with Gasteiger partial charge in [-0.15, -0.1) is 0 Å². The quantitative estimate of drug-likeness (QED) is 0.363. The molecule has 0 aliphatic rings. The fourth-order valence-corrected chi connectivity index (χ4v) is 3.59. The molecule has 5 rings (SSSR count). The number of hydrogen-bond acceptors (Lipinski definition) is 1. The maximum absolute atomic E-state index is 4.95. The third-order valence-corrected chi connectivity index (χ3v) is 4.89. The summed E-state index contributed by atoms with van der Waals surface area (Å²) in [6.45, 7) is 2.05. The fraction of sp³-hybridized carbons (Fsp3) is 0.0455. The Morgan fingerprint density at radius 2 is 1.32 bits per heavy atom. The third-order valence-electron chi connectivity index (χ3n) is 4.89. The Hall–Kier alpha value is -3.07. The second-order valence-electron chi connectivity index (χ2n) is 6.31. The molecule has 5 aromatic rings. The van der Waals surface area contributed by atoms with Gasteiger partial charge in [0.2, 0.25) is 0 Å². The summed E-state index contributed by atoms with van der Waals surface area (Å²) < 4.78 is 0. The SMILES string of the molecule is C[B]c1ccc(-c2nc3c4ccccc4c4ccccc4c3[nH]2)cc1. The van der Waals surface area contributed by atoms with E-state index in [2.05, 4.69) is 91.9 Å². The van der Waals surface area contributed by atoms with Crippen molar-refractivity contribution in [2.75, 3.05) is 0 Å². The van der Waals surface area contributed by atoms with Crippen LogP contribution in [-0.4, -0.2) is 17.2 Å². The highest BCUT2D eigenvalue weighted by molar-refractivity contribution is 6.51. The van der Waals surface area contributed by atoms with E-state index >= 15 is 0 Å². The predicted molar refractivity (Wildman–Crippen MR) is 108 cm³/mol. The molecule has 1 aromatic heterocycles. The average Bonchev–Trinajstić information content (AvgIpc) is 3.14. The van der Waals surface area contributed by atoms with Crippen LogP contribution in [0.1, 0.15) is 0 Å². The lowest BCUT2D eigenvalue weighted by molar-refractivity contribution is 1.34. The van der Waals surface area contributed by atoms with Gasteiger partial charge in [0, 0.05) is 16.3 Å². The molecule has 0 bridgehead atoms. The summed E-state index contributed by atoms with van der Waals surface area (Å²) in [6, 6.07) is 25.5. The first-order valence-electron chi connectivity index (χ1n) is 8.54. The number of benzene rings is 4. The van der Waals surface area contributed by atoms with Crippen molar-refractivity contribution in [2.45, 2.75) is 6.82 Å². The molecule has 0 saturated heterocycles. The molecule has 25 heavy (non-hydrogen) atoms.